The van der Waals surface area contributed by atoms with E-state index in [9.17, 15) is 4.21 Å². The molecule has 1 unspecified atom stereocenters. The van der Waals surface area contributed by atoms with E-state index in [2.05, 4.69) is 13.8 Å². The fourth-order valence-electron chi connectivity index (χ4n) is 2.06. The van der Waals surface area contributed by atoms with Crippen LogP contribution >= 0.6 is 0 Å². The Kier molecular flexibility index (Phi) is 3.76. The van der Waals surface area contributed by atoms with Gasteiger partial charge in [-0.25, -0.2) is 0 Å². The van der Waals surface area contributed by atoms with Gasteiger partial charge in [-0.3, -0.25) is 4.21 Å². The standard InChI is InChI=1S/C10H20OS/c1-3-10(4-2)7-5-6-8-12(11)9-10/h3-9H2,1-2H3. The molecule has 0 aromatic heterocycles. The average molecular weight is 188 g/mol. The van der Waals surface area contributed by atoms with Crippen LogP contribution in [0.5, 0.6) is 0 Å². The van der Waals surface area contributed by atoms with Gasteiger partial charge >= 0.3 is 0 Å². The summed E-state index contributed by atoms with van der Waals surface area (Å²) in [5.74, 6) is 1.90. The SMILES string of the molecule is CCC1(CC)CCCCS(=O)C1. The molecule has 1 aliphatic rings. The molecule has 0 amide bonds. The Morgan fingerprint density at radius 3 is 2.50 bits per heavy atom. The van der Waals surface area contributed by atoms with Gasteiger partial charge < -0.3 is 0 Å². The van der Waals surface area contributed by atoms with Gasteiger partial charge in [-0.05, 0) is 31.1 Å². The minimum absolute atomic E-state index is 0.418. The smallest absolute Gasteiger partial charge is 0.0291 e. The van der Waals surface area contributed by atoms with E-state index in [1.807, 2.05) is 0 Å². The molecule has 0 radical (unpaired) electrons. The monoisotopic (exact) mass is 188 g/mol. The van der Waals surface area contributed by atoms with Crippen molar-refractivity contribution in [3.8, 4) is 0 Å². The quantitative estimate of drug-likeness (QED) is 0.651. The zero-order valence-electron chi connectivity index (χ0n) is 8.27. The fraction of sp³-hybridized carbons (Fsp3) is 1.00. The average Bonchev–Trinajstić information content (AvgIpc) is 2.28. The van der Waals surface area contributed by atoms with Crippen LogP contribution in [0.2, 0.25) is 0 Å². The van der Waals surface area contributed by atoms with Gasteiger partial charge in [0.05, 0.1) is 0 Å². The van der Waals surface area contributed by atoms with Gasteiger partial charge in [0.15, 0.2) is 0 Å². The summed E-state index contributed by atoms with van der Waals surface area (Å²) in [7, 11) is -0.527. The molecule has 0 aromatic rings. The van der Waals surface area contributed by atoms with E-state index in [1.165, 1.54) is 32.1 Å². The van der Waals surface area contributed by atoms with Crippen LogP contribution in [0.15, 0.2) is 0 Å². The third kappa shape index (κ3) is 2.32. The van der Waals surface area contributed by atoms with Crippen molar-refractivity contribution in [2.75, 3.05) is 11.5 Å². The first-order chi connectivity index (χ1) is 5.72. The summed E-state index contributed by atoms with van der Waals surface area (Å²) in [4.78, 5) is 0. The predicted octanol–water partition coefficient (Wildman–Crippen LogP) is 2.73. The molecule has 72 valence electrons. The molecule has 0 saturated carbocycles. The van der Waals surface area contributed by atoms with Crippen molar-refractivity contribution < 1.29 is 4.21 Å². The first kappa shape index (κ1) is 10.2. The summed E-state index contributed by atoms with van der Waals surface area (Å²) in [5.41, 5.74) is 0.418. The lowest BCUT2D eigenvalue weighted by molar-refractivity contribution is 0.275. The number of hydrogen-bond acceptors (Lipinski definition) is 1. The highest BCUT2D eigenvalue weighted by Crippen LogP contribution is 2.35. The molecule has 0 N–H and O–H groups in total. The van der Waals surface area contributed by atoms with Crippen LogP contribution in [0.25, 0.3) is 0 Å². The highest BCUT2D eigenvalue weighted by Gasteiger charge is 2.29. The van der Waals surface area contributed by atoms with Gasteiger partial charge in [0.2, 0.25) is 0 Å². The molecule has 0 spiro atoms. The van der Waals surface area contributed by atoms with Crippen LogP contribution in [-0.2, 0) is 10.8 Å². The van der Waals surface area contributed by atoms with Crippen LogP contribution in [0.4, 0.5) is 0 Å². The Morgan fingerprint density at radius 1 is 1.25 bits per heavy atom. The van der Waals surface area contributed by atoms with Gasteiger partial charge in [0.1, 0.15) is 0 Å². The van der Waals surface area contributed by atoms with E-state index in [0.717, 1.165) is 11.5 Å². The third-order valence-electron chi connectivity index (χ3n) is 3.30. The van der Waals surface area contributed by atoms with Gasteiger partial charge in [0, 0.05) is 22.3 Å². The van der Waals surface area contributed by atoms with Gasteiger partial charge in [0.25, 0.3) is 0 Å². The Bertz CT molecular complexity index is 161. The van der Waals surface area contributed by atoms with E-state index in [-0.39, 0.29) is 0 Å². The van der Waals surface area contributed by atoms with Gasteiger partial charge in [-0.1, -0.05) is 20.3 Å². The second-order valence-electron chi connectivity index (χ2n) is 3.95. The minimum atomic E-state index is -0.527. The van der Waals surface area contributed by atoms with E-state index < -0.39 is 10.8 Å². The van der Waals surface area contributed by atoms with Crippen molar-refractivity contribution in [3.63, 3.8) is 0 Å². The Morgan fingerprint density at radius 2 is 1.92 bits per heavy atom. The Hall–Kier alpha value is 0.150. The van der Waals surface area contributed by atoms with Crippen LogP contribution in [0.1, 0.15) is 46.0 Å². The van der Waals surface area contributed by atoms with E-state index >= 15 is 0 Å². The van der Waals surface area contributed by atoms with Crippen molar-refractivity contribution in [2.24, 2.45) is 5.41 Å². The van der Waals surface area contributed by atoms with E-state index in [0.29, 0.717) is 5.41 Å². The molecular weight excluding hydrogens is 168 g/mol. The lowest BCUT2D eigenvalue weighted by atomic mass is 9.80. The fourth-order valence-corrected chi connectivity index (χ4v) is 3.96. The van der Waals surface area contributed by atoms with Crippen molar-refractivity contribution in [3.05, 3.63) is 0 Å². The lowest BCUT2D eigenvalue weighted by Gasteiger charge is -2.29. The summed E-state index contributed by atoms with van der Waals surface area (Å²) in [5, 5.41) is 0. The maximum Gasteiger partial charge on any atom is 0.0291 e. The molecule has 0 aromatic carbocycles. The largest absolute Gasteiger partial charge is 0.260 e. The molecule has 0 aliphatic carbocycles. The van der Waals surface area contributed by atoms with Crippen molar-refractivity contribution in [1.29, 1.82) is 0 Å². The Labute approximate surface area is 78.4 Å². The molecule has 0 bridgehead atoms. The van der Waals surface area contributed by atoms with Crippen molar-refractivity contribution >= 4 is 10.8 Å². The molecule has 1 nitrogen and oxygen atoms in total. The highest BCUT2D eigenvalue weighted by atomic mass is 32.2. The number of hydrogen-bond donors (Lipinski definition) is 0. The molecule has 1 rings (SSSR count). The van der Waals surface area contributed by atoms with Crippen molar-refractivity contribution in [1.82, 2.24) is 0 Å². The van der Waals surface area contributed by atoms with E-state index in [1.54, 1.807) is 0 Å². The summed E-state index contributed by atoms with van der Waals surface area (Å²) in [6.45, 7) is 4.48. The van der Waals surface area contributed by atoms with Crippen LogP contribution in [-0.4, -0.2) is 15.7 Å². The van der Waals surface area contributed by atoms with E-state index in [4.69, 9.17) is 0 Å². The minimum Gasteiger partial charge on any atom is -0.260 e. The van der Waals surface area contributed by atoms with Crippen LogP contribution < -0.4 is 0 Å². The summed E-state index contributed by atoms with van der Waals surface area (Å²) in [6, 6.07) is 0. The molecular formula is C10H20OS. The Balaban J connectivity index is 2.65. The second kappa shape index (κ2) is 4.40. The van der Waals surface area contributed by atoms with Crippen LogP contribution in [0, 0.1) is 5.41 Å². The summed E-state index contributed by atoms with van der Waals surface area (Å²) < 4.78 is 11.5. The first-order valence-electron chi connectivity index (χ1n) is 5.07. The zero-order valence-corrected chi connectivity index (χ0v) is 9.08. The maximum atomic E-state index is 11.5. The first-order valence-corrected chi connectivity index (χ1v) is 6.56. The molecule has 1 fully saturated rings. The maximum absolute atomic E-state index is 11.5. The van der Waals surface area contributed by atoms with Crippen LogP contribution in [0.3, 0.4) is 0 Å². The highest BCUT2D eigenvalue weighted by molar-refractivity contribution is 7.85. The molecule has 12 heavy (non-hydrogen) atoms. The van der Waals surface area contributed by atoms with Gasteiger partial charge in [-0.2, -0.15) is 0 Å². The lowest BCUT2D eigenvalue weighted by Crippen LogP contribution is -2.25. The van der Waals surface area contributed by atoms with Gasteiger partial charge in [-0.15, -0.1) is 0 Å². The van der Waals surface area contributed by atoms with Crippen molar-refractivity contribution in [2.45, 2.75) is 46.0 Å². The number of rotatable bonds is 2. The second-order valence-corrected chi connectivity index (χ2v) is 5.53. The molecule has 1 aliphatic heterocycles. The predicted molar refractivity (Wildman–Crippen MR) is 54.7 cm³/mol. The normalized spacial score (nSPS) is 29.7. The topological polar surface area (TPSA) is 17.1 Å². The third-order valence-corrected chi connectivity index (χ3v) is 4.97. The molecule has 2 heteroatoms. The molecule has 1 atom stereocenters. The zero-order chi connectivity index (χ0) is 9.03. The molecule has 1 heterocycles. The summed E-state index contributed by atoms with van der Waals surface area (Å²) >= 11 is 0. The summed E-state index contributed by atoms with van der Waals surface area (Å²) in [6.07, 6.45) is 6.16. The molecule has 1 saturated heterocycles.